The Morgan fingerprint density at radius 3 is 1.19 bits per heavy atom. The number of rotatable bonds is 14. The maximum Gasteiger partial charge on any atom is 0.147 e. The molecule has 392 valence electrons. The second-order valence-corrected chi connectivity index (χ2v) is 26.5. The number of phenols is 2. The van der Waals surface area contributed by atoms with E-state index in [2.05, 4.69) is 194 Å². The lowest BCUT2D eigenvalue weighted by atomic mass is 9.71. The standard InChI is InChI=1S/C67H90N2O4/c1-40-27-29-60(52(31-40)54-34-48(66(15,16)38-64(9,10)11)36-58(62(54)70)68-46(7)44(5)50-23-19-21-25-56(50)68)72-42(3)33-43(4)73-61-30-28-41(2)32-53(61)55-35-49(67(17,18)39-65(12,13)14)37-59(63(55)71)69-47(8)45(6)51-24-20-22-26-57(51)69/h27-32,34-37,42-43,70-71H,19-26,33,38-39H2,1-18H3/t42-,43+. The van der Waals surface area contributed by atoms with Crippen molar-refractivity contribution in [3.63, 3.8) is 0 Å². The Morgan fingerprint density at radius 1 is 0.479 bits per heavy atom. The minimum absolute atomic E-state index is 0.100. The highest BCUT2D eigenvalue weighted by molar-refractivity contribution is 5.82. The second kappa shape index (κ2) is 20.1. The van der Waals surface area contributed by atoms with Crippen molar-refractivity contribution >= 4 is 0 Å². The normalized spacial score (nSPS) is 15.3. The lowest BCUT2D eigenvalue weighted by Gasteiger charge is -2.34. The molecule has 0 fully saturated rings. The van der Waals surface area contributed by atoms with Crippen LogP contribution in [-0.4, -0.2) is 31.6 Å². The molecule has 8 rings (SSSR count). The summed E-state index contributed by atoms with van der Waals surface area (Å²) in [6.07, 6.45) is 11.0. The number of ether oxygens (including phenoxy) is 2. The van der Waals surface area contributed by atoms with Gasteiger partial charge in [0.05, 0.1) is 23.6 Å². The molecule has 0 spiro atoms. The van der Waals surface area contributed by atoms with Gasteiger partial charge in [0.1, 0.15) is 23.0 Å². The zero-order valence-corrected chi connectivity index (χ0v) is 48.3. The van der Waals surface area contributed by atoms with Crippen molar-refractivity contribution in [2.45, 2.75) is 218 Å². The van der Waals surface area contributed by atoms with E-state index in [-0.39, 0.29) is 45.4 Å². The summed E-state index contributed by atoms with van der Waals surface area (Å²) in [6.45, 7) is 40.7. The molecule has 0 aliphatic heterocycles. The molecule has 73 heavy (non-hydrogen) atoms. The predicted octanol–water partition coefficient (Wildman–Crippen LogP) is 17.7. The second-order valence-electron chi connectivity index (χ2n) is 26.5. The van der Waals surface area contributed by atoms with Crippen molar-refractivity contribution in [2.75, 3.05) is 0 Å². The van der Waals surface area contributed by atoms with E-state index in [1.165, 1.54) is 69.0 Å². The van der Waals surface area contributed by atoms with Crippen molar-refractivity contribution in [1.29, 1.82) is 0 Å². The number of hydrogen-bond acceptors (Lipinski definition) is 4. The molecule has 0 saturated heterocycles. The topological polar surface area (TPSA) is 68.8 Å². The molecular weight excluding hydrogens is 897 g/mol. The van der Waals surface area contributed by atoms with Crippen LogP contribution in [0.4, 0.5) is 0 Å². The summed E-state index contributed by atoms with van der Waals surface area (Å²) < 4.78 is 18.8. The van der Waals surface area contributed by atoms with Crippen LogP contribution in [0.5, 0.6) is 23.0 Å². The zero-order valence-electron chi connectivity index (χ0n) is 48.3. The minimum atomic E-state index is -0.235. The molecule has 6 heteroatoms. The number of fused-ring (bicyclic) bond motifs is 2. The van der Waals surface area contributed by atoms with Crippen LogP contribution in [0.3, 0.4) is 0 Å². The summed E-state index contributed by atoms with van der Waals surface area (Å²) in [6, 6.07) is 21.7. The fourth-order valence-corrected chi connectivity index (χ4v) is 13.4. The van der Waals surface area contributed by atoms with Crippen LogP contribution in [0.25, 0.3) is 33.6 Å². The quantitative estimate of drug-likeness (QED) is 0.114. The fraction of sp³-hybridized carbons (Fsp3) is 0.522. The number of aryl methyl sites for hydroxylation is 2. The van der Waals surface area contributed by atoms with Crippen LogP contribution >= 0.6 is 0 Å². The Bertz CT molecular complexity index is 2830. The Labute approximate surface area is 440 Å². The van der Waals surface area contributed by atoms with Gasteiger partial charge >= 0.3 is 0 Å². The maximum absolute atomic E-state index is 12.7. The Balaban J connectivity index is 1.15. The molecule has 0 radical (unpaired) electrons. The molecule has 0 saturated carbocycles. The van der Waals surface area contributed by atoms with Crippen LogP contribution in [0, 0.1) is 52.4 Å². The molecule has 0 unspecified atom stereocenters. The molecule has 6 nitrogen and oxygen atoms in total. The predicted molar refractivity (Wildman–Crippen MR) is 306 cm³/mol. The molecule has 2 N–H and O–H groups in total. The first-order chi connectivity index (χ1) is 34.0. The number of phenolic OH excluding ortho intramolecular Hbond substituents is 2. The van der Waals surface area contributed by atoms with Gasteiger partial charge < -0.3 is 28.8 Å². The van der Waals surface area contributed by atoms with E-state index < -0.39 is 0 Å². The van der Waals surface area contributed by atoms with Gasteiger partial charge in [-0.15, -0.1) is 0 Å². The minimum Gasteiger partial charge on any atom is -0.505 e. The van der Waals surface area contributed by atoms with E-state index in [4.69, 9.17) is 9.47 Å². The van der Waals surface area contributed by atoms with Crippen molar-refractivity contribution in [3.8, 4) is 56.6 Å². The Hall–Kier alpha value is -5.36. The van der Waals surface area contributed by atoms with Gasteiger partial charge in [-0.2, -0.15) is 0 Å². The van der Waals surface area contributed by atoms with Crippen LogP contribution in [-0.2, 0) is 36.5 Å². The molecule has 2 heterocycles. The number of nitrogens with zero attached hydrogens (tertiary/aromatic N) is 2. The summed E-state index contributed by atoms with van der Waals surface area (Å²) in [5, 5.41) is 25.4. The summed E-state index contributed by atoms with van der Waals surface area (Å²) >= 11 is 0. The summed E-state index contributed by atoms with van der Waals surface area (Å²) in [5.74, 6) is 2.04. The van der Waals surface area contributed by atoms with Gasteiger partial charge in [-0.1, -0.05) is 92.5 Å². The Morgan fingerprint density at radius 2 is 0.836 bits per heavy atom. The molecule has 0 amide bonds. The van der Waals surface area contributed by atoms with Gasteiger partial charge in [-0.25, -0.2) is 0 Å². The fourth-order valence-electron chi connectivity index (χ4n) is 13.4. The lowest BCUT2D eigenvalue weighted by Crippen LogP contribution is -2.25. The van der Waals surface area contributed by atoms with E-state index in [0.717, 1.165) is 108 Å². The molecule has 2 aliphatic rings. The van der Waals surface area contributed by atoms with Crippen molar-refractivity contribution < 1.29 is 19.7 Å². The van der Waals surface area contributed by atoms with Crippen molar-refractivity contribution in [3.05, 3.63) is 128 Å². The van der Waals surface area contributed by atoms with E-state index in [0.29, 0.717) is 6.42 Å². The first kappa shape index (κ1) is 53.9. The lowest BCUT2D eigenvalue weighted by molar-refractivity contribution is 0.131. The monoisotopic (exact) mass is 987 g/mol. The van der Waals surface area contributed by atoms with Gasteiger partial charge in [-0.05, 0) is 223 Å². The Kier molecular flexibility index (Phi) is 14.8. The third-order valence-electron chi connectivity index (χ3n) is 16.4. The molecule has 2 aliphatic carbocycles. The van der Waals surface area contributed by atoms with Crippen molar-refractivity contribution in [2.24, 2.45) is 10.8 Å². The van der Waals surface area contributed by atoms with Gasteiger partial charge in [-0.3, -0.25) is 0 Å². The maximum atomic E-state index is 12.7. The van der Waals surface area contributed by atoms with Crippen molar-refractivity contribution in [1.82, 2.24) is 9.13 Å². The van der Waals surface area contributed by atoms with Crippen LogP contribution in [0.1, 0.15) is 195 Å². The molecule has 0 bridgehead atoms. The summed E-state index contributed by atoms with van der Waals surface area (Å²) in [5.41, 5.74) is 20.2. The number of aromatic hydroxyl groups is 2. The zero-order chi connectivity index (χ0) is 53.3. The number of benzene rings is 4. The van der Waals surface area contributed by atoms with Crippen LogP contribution in [0.15, 0.2) is 60.7 Å². The average molecular weight is 987 g/mol. The highest BCUT2D eigenvalue weighted by atomic mass is 16.5. The molecule has 2 aromatic heterocycles. The highest BCUT2D eigenvalue weighted by Gasteiger charge is 2.34. The third kappa shape index (κ3) is 11.1. The smallest absolute Gasteiger partial charge is 0.147 e. The summed E-state index contributed by atoms with van der Waals surface area (Å²) in [4.78, 5) is 0. The SMILES string of the molecule is Cc1ccc(O[C@H](C)C[C@H](C)Oc2ccc(C)cc2-c2cc(C(C)(C)CC(C)(C)C)cc(-n3c(C)c(C)c4c3CCCC4)c2O)c(-c2cc(C(C)(C)CC(C)(C)C)cc(-n3c(C)c(C)c4c3CCCC4)c2O)c1. The van der Waals surface area contributed by atoms with E-state index in [1.54, 1.807) is 0 Å². The first-order valence-corrected chi connectivity index (χ1v) is 27.8. The number of hydrogen-bond donors (Lipinski definition) is 2. The summed E-state index contributed by atoms with van der Waals surface area (Å²) in [7, 11) is 0. The van der Waals surface area contributed by atoms with Gasteiger partial charge in [0, 0.05) is 51.5 Å². The van der Waals surface area contributed by atoms with E-state index in [9.17, 15) is 10.2 Å². The molecule has 4 aromatic carbocycles. The van der Waals surface area contributed by atoms with Crippen LogP contribution < -0.4 is 9.47 Å². The van der Waals surface area contributed by atoms with E-state index >= 15 is 0 Å². The third-order valence-corrected chi connectivity index (χ3v) is 16.4. The average Bonchev–Trinajstić information content (AvgIpc) is 3.69. The van der Waals surface area contributed by atoms with Gasteiger partial charge in [0.15, 0.2) is 0 Å². The largest absolute Gasteiger partial charge is 0.505 e. The highest BCUT2D eigenvalue weighted by Crippen LogP contribution is 2.49. The van der Waals surface area contributed by atoms with Gasteiger partial charge in [0.2, 0.25) is 0 Å². The number of aromatic nitrogens is 2. The molecule has 6 aromatic rings. The van der Waals surface area contributed by atoms with Crippen LogP contribution in [0.2, 0.25) is 0 Å². The van der Waals surface area contributed by atoms with Gasteiger partial charge in [0.25, 0.3) is 0 Å². The molecule has 2 atom stereocenters. The first-order valence-electron chi connectivity index (χ1n) is 27.8. The molecular formula is C67H90N2O4. The van der Waals surface area contributed by atoms with E-state index in [1.807, 2.05) is 0 Å².